The van der Waals surface area contributed by atoms with Gasteiger partial charge in [0.25, 0.3) is 0 Å². The minimum absolute atomic E-state index is 0.551. The summed E-state index contributed by atoms with van der Waals surface area (Å²) in [6.07, 6.45) is 1.93. The number of aryl methyl sites for hydroxylation is 1. The fourth-order valence-corrected chi connectivity index (χ4v) is 2.34. The van der Waals surface area contributed by atoms with Crippen LogP contribution in [0.25, 0.3) is 0 Å². The van der Waals surface area contributed by atoms with Crippen LogP contribution in [0, 0.1) is 0 Å². The number of rotatable bonds is 3. The molecular formula is C12H14BrN3. The number of halogens is 1. The first-order valence-electron chi connectivity index (χ1n) is 5.19. The van der Waals surface area contributed by atoms with Gasteiger partial charge in [0.15, 0.2) is 0 Å². The second-order valence-electron chi connectivity index (χ2n) is 3.75. The van der Waals surface area contributed by atoms with Crippen molar-refractivity contribution in [3.05, 3.63) is 46.2 Å². The Bertz CT molecular complexity index is 477. The van der Waals surface area contributed by atoms with Gasteiger partial charge in [-0.3, -0.25) is 0 Å². The van der Waals surface area contributed by atoms with Gasteiger partial charge in [0.05, 0.1) is 5.69 Å². The topological polar surface area (TPSA) is 43.8 Å². The van der Waals surface area contributed by atoms with E-state index in [2.05, 4.69) is 45.2 Å². The van der Waals surface area contributed by atoms with Gasteiger partial charge in [-0.2, -0.15) is 0 Å². The zero-order valence-electron chi connectivity index (χ0n) is 9.15. The summed E-state index contributed by atoms with van der Waals surface area (Å²) in [5.41, 5.74) is 8.20. The molecule has 4 heteroatoms. The minimum Gasteiger partial charge on any atom is -0.369 e. The van der Waals surface area contributed by atoms with Crippen molar-refractivity contribution in [3.8, 4) is 0 Å². The van der Waals surface area contributed by atoms with Crippen LogP contribution in [0.5, 0.6) is 0 Å². The average molecular weight is 280 g/mol. The molecule has 1 heterocycles. The third-order valence-corrected chi connectivity index (χ3v) is 3.33. The van der Waals surface area contributed by atoms with E-state index in [4.69, 9.17) is 5.73 Å². The fraction of sp³-hybridized carbons (Fsp3) is 0.250. The number of imidazole rings is 1. The highest BCUT2D eigenvalue weighted by molar-refractivity contribution is 9.10. The Kier molecular flexibility index (Phi) is 3.29. The molecule has 2 aromatic rings. The smallest absolute Gasteiger partial charge is 0.201 e. The van der Waals surface area contributed by atoms with E-state index in [1.165, 1.54) is 5.56 Å². The molecule has 2 rings (SSSR count). The van der Waals surface area contributed by atoms with Gasteiger partial charge < -0.3 is 10.3 Å². The normalized spacial score (nSPS) is 10.6. The number of benzene rings is 1. The Labute approximate surface area is 103 Å². The van der Waals surface area contributed by atoms with E-state index in [1.54, 1.807) is 0 Å². The molecule has 16 heavy (non-hydrogen) atoms. The molecule has 0 saturated heterocycles. The fourth-order valence-electron chi connectivity index (χ4n) is 1.70. The number of nitrogen functional groups attached to an aromatic ring is 1. The van der Waals surface area contributed by atoms with Gasteiger partial charge in [0, 0.05) is 7.05 Å². The zero-order chi connectivity index (χ0) is 11.5. The molecule has 0 aliphatic heterocycles. The Morgan fingerprint density at radius 3 is 2.50 bits per heavy atom. The molecule has 0 atom stereocenters. The average Bonchev–Trinajstić information content (AvgIpc) is 2.53. The second kappa shape index (κ2) is 4.70. The van der Waals surface area contributed by atoms with Crippen LogP contribution in [0.3, 0.4) is 0 Å². The summed E-state index contributed by atoms with van der Waals surface area (Å²) in [5.74, 6) is 0.551. The Morgan fingerprint density at radius 2 is 1.94 bits per heavy atom. The molecule has 1 aromatic carbocycles. The Hall–Kier alpha value is -1.29. The molecular weight excluding hydrogens is 266 g/mol. The van der Waals surface area contributed by atoms with Gasteiger partial charge in [-0.1, -0.05) is 30.3 Å². The highest BCUT2D eigenvalue weighted by Crippen LogP contribution is 2.19. The summed E-state index contributed by atoms with van der Waals surface area (Å²) >= 11 is 3.43. The predicted octanol–water partition coefficient (Wildman–Crippen LogP) is 2.55. The first-order chi connectivity index (χ1) is 7.68. The van der Waals surface area contributed by atoms with Crippen LogP contribution in [-0.4, -0.2) is 9.55 Å². The van der Waals surface area contributed by atoms with Crippen molar-refractivity contribution in [2.45, 2.75) is 12.8 Å². The lowest BCUT2D eigenvalue weighted by Crippen LogP contribution is -2.02. The molecule has 0 saturated carbocycles. The standard InChI is InChI=1S/C12H14BrN3/c1-16-10(11(13)15-12(16)14)8-7-9-5-3-2-4-6-9/h2-6H,7-8H2,1H3,(H2,14,15). The molecule has 0 unspecified atom stereocenters. The Balaban J connectivity index is 2.11. The first kappa shape index (κ1) is 11.2. The van der Waals surface area contributed by atoms with Crippen molar-refractivity contribution in [1.29, 1.82) is 0 Å². The molecule has 0 radical (unpaired) electrons. The van der Waals surface area contributed by atoms with Crippen molar-refractivity contribution in [2.24, 2.45) is 7.05 Å². The monoisotopic (exact) mass is 279 g/mol. The minimum atomic E-state index is 0.551. The lowest BCUT2D eigenvalue weighted by atomic mass is 10.1. The zero-order valence-corrected chi connectivity index (χ0v) is 10.7. The number of anilines is 1. The maximum Gasteiger partial charge on any atom is 0.201 e. The van der Waals surface area contributed by atoms with Crippen LogP contribution < -0.4 is 5.73 Å². The van der Waals surface area contributed by atoms with E-state index in [0.717, 1.165) is 23.1 Å². The number of aromatic nitrogens is 2. The van der Waals surface area contributed by atoms with E-state index >= 15 is 0 Å². The number of hydrogen-bond donors (Lipinski definition) is 1. The molecule has 0 amide bonds. The third kappa shape index (κ3) is 2.27. The van der Waals surface area contributed by atoms with Gasteiger partial charge in [0.2, 0.25) is 5.95 Å². The van der Waals surface area contributed by atoms with Crippen molar-refractivity contribution in [1.82, 2.24) is 9.55 Å². The maximum absolute atomic E-state index is 5.73. The molecule has 0 spiro atoms. The molecule has 0 aliphatic rings. The third-order valence-electron chi connectivity index (χ3n) is 2.69. The van der Waals surface area contributed by atoms with Crippen molar-refractivity contribution < 1.29 is 0 Å². The molecule has 3 nitrogen and oxygen atoms in total. The van der Waals surface area contributed by atoms with E-state index in [9.17, 15) is 0 Å². The number of nitrogens with zero attached hydrogens (tertiary/aromatic N) is 2. The van der Waals surface area contributed by atoms with E-state index in [-0.39, 0.29) is 0 Å². The molecule has 0 aliphatic carbocycles. The first-order valence-corrected chi connectivity index (χ1v) is 5.98. The van der Waals surface area contributed by atoms with Crippen LogP contribution in [-0.2, 0) is 19.9 Å². The van der Waals surface area contributed by atoms with Gasteiger partial charge in [-0.15, -0.1) is 0 Å². The van der Waals surface area contributed by atoms with Gasteiger partial charge >= 0.3 is 0 Å². The van der Waals surface area contributed by atoms with E-state index in [1.807, 2.05) is 17.7 Å². The summed E-state index contributed by atoms with van der Waals surface area (Å²) < 4.78 is 2.77. The van der Waals surface area contributed by atoms with Crippen LogP contribution in [0.1, 0.15) is 11.3 Å². The quantitative estimate of drug-likeness (QED) is 0.939. The van der Waals surface area contributed by atoms with Gasteiger partial charge in [-0.05, 0) is 34.3 Å². The maximum atomic E-state index is 5.73. The predicted molar refractivity (Wildman–Crippen MR) is 69.2 cm³/mol. The van der Waals surface area contributed by atoms with Crippen molar-refractivity contribution in [2.75, 3.05) is 5.73 Å². The second-order valence-corrected chi connectivity index (χ2v) is 4.50. The highest BCUT2D eigenvalue weighted by Gasteiger charge is 2.09. The van der Waals surface area contributed by atoms with E-state index in [0.29, 0.717) is 5.95 Å². The highest BCUT2D eigenvalue weighted by atomic mass is 79.9. The van der Waals surface area contributed by atoms with Gasteiger partial charge in [0.1, 0.15) is 4.60 Å². The summed E-state index contributed by atoms with van der Waals surface area (Å²) in [4.78, 5) is 4.18. The molecule has 0 fully saturated rings. The molecule has 0 bridgehead atoms. The lowest BCUT2D eigenvalue weighted by molar-refractivity contribution is 0.804. The van der Waals surface area contributed by atoms with Crippen LogP contribution in [0.2, 0.25) is 0 Å². The number of hydrogen-bond acceptors (Lipinski definition) is 2. The van der Waals surface area contributed by atoms with Crippen LogP contribution in [0.4, 0.5) is 5.95 Å². The van der Waals surface area contributed by atoms with Crippen LogP contribution in [0.15, 0.2) is 34.9 Å². The Morgan fingerprint density at radius 1 is 1.25 bits per heavy atom. The summed E-state index contributed by atoms with van der Waals surface area (Å²) in [5, 5.41) is 0. The molecule has 2 N–H and O–H groups in total. The van der Waals surface area contributed by atoms with Crippen molar-refractivity contribution in [3.63, 3.8) is 0 Å². The largest absolute Gasteiger partial charge is 0.369 e. The lowest BCUT2D eigenvalue weighted by Gasteiger charge is -2.04. The molecule has 84 valence electrons. The van der Waals surface area contributed by atoms with E-state index < -0.39 is 0 Å². The summed E-state index contributed by atoms with van der Waals surface area (Å²) in [6, 6.07) is 10.4. The van der Waals surface area contributed by atoms with Crippen LogP contribution >= 0.6 is 15.9 Å². The number of nitrogens with two attached hydrogens (primary N) is 1. The SMILES string of the molecule is Cn1c(N)nc(Br)c1CCc1ccccc1. The molecule has 1 aromatic heterocycles. The summed E-state index contributed by atoms with van der Waals surface area (Å²) in [7, 11) is 1.94. The van der Waals surface area contributed by atoms with Crippen molar-refractivity contribution >= 4 is 21.9 Å². The summed E-state index contributed by atoms with van der Waals surface area (Å²) in [6.45, 7) is 0. The van der Waals surface area contributed by atoms with Gasteiger partial charge in [-0.25, -0.2) is 4.98 Å².